The molecule has 9 heteroatoms. The minimum Gasteiger partial charge on any atom is -0.445 e. The van der Waals surface area contributed by atoms with Crippen LogP contribution < -0.4 is 5.32 Å². The van der Waals surface area contributed by atoms with Crippen molar-refractivity contribution < 1.29 is 23.5 Å². The summed E-state index contributed by atoms with van der Waals surface area (Å²) >= 11 is 1.33. The normalized spacial score (nSPS) is 31.8. The first kappa shape index (κ1) is 25.3. The van der Waals surface area contributed by atoms with E-state index in [0.29, 0.717) is 13.0 Å². The van der Waals surface area contributed by atoms with Gasteiger partial charge in [-0.3, -0.25) is 9.59 Å². The highest BCUT2D eigenvalue weighted by Crippen LogP contribution is 2.45. The Morgan fingerprint density at radius 1 is 1.38 bits per heavy atom. The summed E-state index contributed by atoms with van der Waals surface area (Å²) in [7, 11) is -2.03. The Bertz CT molecular complexity index is 768. The van der Waals surface area contributed by atoms with Gasteiger partial charge in [0.25, 0.3) is 0 Å². The van der Waals surface area contributed by atoms with Crippen LogP contribution in [0.2, 0.25) is 18.1 Å². The van der Waals surface area contributed by atoms with Crippen LogP contribution in [0.15, 0.2) is 12.7 Å². The number of nitrogens with one attached hydrogen (secondary N) is 1. The van der Waals surface area contributed by atoms with Gasteiger partial charge in [0.05, 0.1) is 24.0 Å². The largest absolute Gasteiger partial charge is 0.445 e. The molecular formula is C23H38N2O5SSi. The molecule has 3 rings (SSSR count). The number of amides is 2. The lowest BCUT2D eigenvalue weighted by atomic mass is 9.76. The molecule has 0 aromatic carbocycles. The summed E-state index contributed by atoms with van der Waals surface area (Å²) in [6.45, 7) is 17.3. The molecule has 0 aromatic rings. The summed E-state index contributed by atoms with van der Waals surface area (Å²) in [5.41, 5.74) is 0. The van der Waals surface area contributed by atoms with Gasteiger partial charge >= 0.3 is 6.09 Å². The number of nitrogens with zero attached hydrogens (tertiary/aromatic N) is 1. The van der Waals surface area contributed by atoms with Crippen molar-refractivity contribution in [1.82, 2.24) is 10.2 Å². The number of thioether (sulfide) groups is 1. The van der Waals surface area contributed by atoms with Crippen LogP contribution in [0.4, 0.5) is 4.79 Å². The number of hydrogen-bond acceptors (Lipinski definition) is 6. The zero-order valence-corrected chi connectivity index (χ0v) is 22.0. The number of carbonyl (C=O) groups excluding carboxylic acids is 3. The number of carbonyl (C=O) groups is 3. The molecule has 32 heavy (non-hydrogen) atoms. The van der Waals surface area contributed by atoms with Crippen molar-refractivity contribution in [2.24, 2.45) is 11.8 Å². The molecule has 180 valence electrons. The maximum atomic E-state index is 13.0. The van der Waals surface area contributed by atoms with Gasteiger partial charge in [-0.1, -0.05) is 45.2 Å². The van der Waals surface area contributed by atoms with E-state index in [1.807, 2.05) is 6.92 Å². The Morgan fingerprint density at radius 2 is 2.06 bits per heavy atom. The van der Waals surface area contributed by atoms with Gasteiger partial charge in [0.1, 0.15) is 6.61 Å². The van der Waals surface area contributed by atoms with Crippen LogP contribution >= 0.6 is 11.8 Å². The van der Waals surface area contributed by atoms with E-state index in [1.165, 1.54) is 11.8 Å². The van der Waals surface area contributed by atoms with E-state index in [9.17, 15) is 14.4 Å². The highest BCUT2D eigenvalue weighted by Gasteiger charge is 2.55. The molecule has 6 atom stereocenters. The average molecular weight is 483 g/mol. The standard InChI is InChI=1S/C23H38N2O5SSi/c1-8-12-29-22(28)25-11-9-10-16(25)17-13-15(21(27)31-17)19-18(20(26)24-19)14(2)30-32(6,7)23(3,4)5/h8,14-19H,1,9-13H2,2-7H3,(H,24,26)/t14-,15+,16+,17?,18-,19-/m1/s1. The minimum atomic E-state index is -2.03. The smallest absolute Gasteiger partial charge is 0.410 e. The number of β-lactam (4-membered cyclic amide) rings is 1. The molecule has 0 aromatic heterocycles. The van der Waals surface area contributed by atoms with Crippen LogP contribution in [0.1, 0.15) is 47.0 Å². The molecule has 3 saturated heterocycles. The van der Waals surface area contributed by atoms with E-state index in [-0.39, 0.29) is 64.0 Å². The lowest BCUT2D eigenvalue weighted by Gasteiger charge is -2.46. The third-order valence-electron chi connectivity index (χ3n) is 7.57. The van der Waals surface area contributed by atoms with Crippen molar-refractivity contribution in [3.05, 3.63) is 12.7 Å². The lowest BCUT2D eigenvalue weighted by Crippen LogP contribution is -2.66. The second kappa shape index (κ2) is 9.50. The molecule has 0 spiro atoms. The maximum Gasteiger partial charge on any atom is 0.410 e. The van der Waals surface area contributed by atoms with Crippen molar-refractivity contribution in [2.45, 2.75) is 88.5 Å². The van der Waals surface area contributed by atoms with Gasteiger partial charge in [0.2, 0.25) is 5.91 Å². The SMILES string of the molecule is C=CCOC(=O)N1CCC[C@H]1C1C[C@@H]([C@H]2NC(=O)[C@@H]2[C@@H](C)O[Si](C)(C)C(C)(C)C)C(=O)S1. The molecular weight excluding hydrogens is 444 g/mol. The predicted octanol–water partition coefficient (Wildman–Crippen LogP) is 3.95. The molecule has 1 unspecified atom stereocenters. The van der Waals surface area contributed by atoms with Gasteiger partial charge < -0.3 is 19.4 Å². The van der Waals surface area contributed by atoms with Crippen molar-refractivity contribution in [1.29, 1.82) is 0 Å². The Kier molecular flexibility index (Phi) is 7.51. The summed E-state index contributed by atoms with van der Waals surface area (Å²) in [4.78, 5) is 39.7. The van der Waals surface area contributed by atoms with Crippen molar-refractivity contribution in [2.75, 3.05) is 13.2 Å². The number of hydrogen-bond donors (Lipinski definition) is 1. The van der Waals surface area contributed by atoms with Crippen LogP contribution in [-0.4, -0.2) is 66.9 Å². The van der Waals surface area contributed by atoms with Gasteiger partial charge in [-0.05, 0) is 44.3 Å². The number of rotatable bonds is 7. The Labute approximate surface area is 197 Å². The minimum absolute atomic E-state index is 0.0126. The van der Waals surface area contributed by atoms with E-state index in [1.54, 1.807) is 11.0 Å². The summed E-state index contributed by atoms with van der Waals surface area (Å²) in [6, 6.07) is -0.212. The molecule has 3 fully saturated rings. The molecule has 0 aliphatic carbocycles. The third kappa shape index (κ3) is 4.94. The van der Waals surface area contributed by atoms with Crippen LogP contribution in [0.3, 0.4) is 0 Å². The predicted molar refractivity (Wildman–Crippen MR) is 129 cm³/mol. The first-order valence-corrected chi connectivity index (χ1v) is 15.4. The Morgan fingerprint density at radius 3 is 2.66 bits per heavy atom. The zero-order valence-electron chi connectivity index (χ0n) is 20.2. The van der Waals surface area contributed by atoms with Crippen molar-refractivity contribution in [3.8, 4) is 0 Å². The van der Waals surface area contributed by atoms with Gasteiger partial charge in [-0.2, -0.15) is 0 Å². The molecule has 0 bridgehead atoms. The quantitative estimate of drug-likeness (QED) is 0.336. The topological polar surface area (TPSA) is 84.9 Å². The monoisotopic (exact) mass is 482 g/mol. The summed E-state index contributed by atoms with van der Waals surface area (Å²) in [5, 5.41) is 3.17. The van der Waals surface area contributed by atoms with E-state index >= 15 is 0 Å². The molecule has 3 heterocycles. The van der Waals surface area contributed by atoms with E-state index < -0.39 is 8.32 Å². The third-order valence-corrected chi connectivity index (χ3v) is 13.5. The molecule has 1 N–H and O–H groups in total. The molecule has 3 aliphatic rings. The van der Waals surface area contributed by atoms with Crippen molar-refractivity contribution >= 4 is 37.2 Å². The number of likely N-dealkylation sites (tertiary alicyclic amines) is 1. The maximum absolute atomic E-state index is 13.0. The fourth-order valence-electron chi connectivity index (χ4n) is 4.77. The highest BCUT2D eigenvalue weighted by molar-refractivity contribution is 8.14. The fraction of sp³-hybridized carbons (Fsp3) is 0.783. The first-order chi connectivity index (χ1) is 14.9. The van der Waals surface area contributed by atoms with Crippen molar-refractivity contribution in [3.63, 3.8) is 0 Å². The first-order valence-electron chi connectivity index (χ1n) is 11.6. The van der Waals surface area contributed by atoms with E-state index in [2.05, 4.69) is 45.8 Å². The van der Waals surface area contributed by atoms with Gasteiger partial charge in [-0.15, -0.1) is 0 Å². The zero-order chi connectivity index (χ0) is 23.8. The number of ether oxygens (including phenoxy) is 1. The van der Waals surface area contributed by atoms with Crippen LogP contribution in [-0.2, 0) is 18.8 Å². The highest BCUT2D eigenvalue weighted by atomic mass is 32.2. The van der Waals surface area contributed by atoms with Gasteiger partial charge in [-0.25, -0.2) is 4.79 Å². The molecule has 0 saturated carbocycles. The van der Waals surface area contributed by atoms with Crippen LogP contribution in [0, 0.1) is 11.8 Å². The summed E-state index contributed by atoms with van der Waals surface area (Å²) in [6.07, 6.45) is 3.42. The fourth-order valence-corrected chi connectivity index (χ4v) is 7.66. The summed E-state index contributed by atoms with van der Waals surface area (Å²) < 4.78 is 11.7. The van der Waals surface area contributed by atoms with Crippen LogP contribution in [0.5, 0.6) is 0 Å². The Hall–Kier alpha value is -1.32. The van der Waals surface area contributed by atoms with E-state index in [4.69, 9.17) is 9.16 Å². The second-order valence-corrected chi connectivity index (χ2v) is 16.7. The van der Waals surface area contributed by atoms with Gasteiger partial charge in [0.15, 0.2) is 13.4 Å². The molecule has 3 aliphatic heterocycles. The summed E-state index contributed by atoms with van der Waals surface area (Å²) in [5.74, 6) is -0.586. The lowest BCUT2D eigenvalue weighted by molar-refractivity contribution is -0.143. The molecule has 2 amide bonds. The molecule has 7 nitrogen and oxygen atoms in total. The van der Waals surface area contributed by atoms with Crippen LogP contribution in [0.25, 0.3) is 0 Å². The Balaban J connectivity index is 1.66. The molecule has 0 radical (unpaired) electrons. The average Bonchev–Trinajstić information content (AvgIpc) is 3.29. The second-order valence-electron chi connectivity index (χ2n) is 10.7. The van der Waals surface area contributed by atoms with E-state index in [0.717, 1.165) is 12.8 Å². The van der Waals surface area contributed by atoms with Gasteiger partial charge in [0, 0.05) is 17.8 Å².